The summed E-state index contributed by atoms with van der Waals surface area (Å²) in [7, 11) is 0. The minimum absolute atomic E-state index is 0.154. The smallest absolute Gasteiger partial charge is 0.326 e. The SMILES string of the molecule is CC(C)(C)OC(=O)CN1C(=O)CCC1c1ccc(Br)cc1F. The van der Waals surface area contributed by atoms with Gasteiger partial charge < -0.3 is 9.64 Å². The highest BCUT2D eigenvalue weighted by atomic mass is 79.9. The molecule has 1 aliphatic rings. The highest BCUT2D eigenvalue weighted by molar-refractivity contribution is 9.10. The fourth-order valence-corrected chi connectivity index (χ4v) is 2.87. The molecule has 22 heavy (non-hydrogen) atoms. The van der Waals surface area contributed by atoms with Crippen molar-refractivity contribution in [2.24, 2.45) is 0 Å². The molecule has 0 saturated carbocycles. The molecule has 1 fully saturated rings. The van der Waals surface area contributed by atoms with E-state index in [0.29, 0.717) is 22.9 Å². The average molecular weight is 372 g/mol. The van der Waals surface area contributed by atoms with Gasteiger partial charge in [-0.05, 0) is 39.3 Å². The zero-order chi connectivity index (χ0) is 16.5. The predicted molar refractivity (Wildman–Crippen MR) is 83.6 cm³/mol. The highest BCUT2D eigenvalue weighted by Crippen LogP contribution is 2.35. The summed E-state index contributed by atoms with van der Waals surface area (Å²) in [6.07, 6.45) is 0.809. The molecule has 1 aromatic carbocycles. The summed E-state index contributed by atoms with van der Waals surface area (Å²) in [6, 6.07) is 4.31. The summed E-state index contributed by atoms with van der Waals surface area (Å²) in [4.78, 5) is 25.4. The zero-order valence-electron chi connectivity index (χ0n) is 12.9. The zero-order valence-corrected chi connectivity index (χ0v) is 14.4. The molecule has 1 aromatic rings. The Morgan fingerprint density at radius 3 is 2.73 bits per heavy atom. The standard InChI is InChI=1S/C16H19BrFNO3/c1-16(2,3)22-15(21)9-19-13(6-7-14(19)20)11-5-4-10(17)8-12(11)18/h4-5,8,13H,6-7,9H2,1-3H3. The van der Waals surface area contributed by atoms with Crippen LogP contribution < -0.4 is 0 Å². The van der Waals surface area contributed by atoms with Crippen molar-refractivity contribution in [2.45, 2.75) is 45.3 Å². The van der Waals surface area contributed by atoms with Crippen molar-refractivity contribution in [2.75, 3.05) is 6.54 Å². The van der Waals surface area contributed by atoms with Crippen molar-refractivity contribution in [3.8, 4) is 0 Å². The van der Waals surface area contributed by atoms with Gasteiger partial charge in [0.05, 0.1) is 6.04 Å². The van der Waals surface area contributed by atoms with E-state index in [2.05, 4.69) is 15.9 Å². The quantitative estimate of drug-likeness (QED) is 0.762. The maximum Gasteiger partial charge on any atom is 0.326 e. The number of ether oxygens (including phenoxy) is 1. The lowest BCUT2D eigenvalue weighted by Gasteiger charge is -2.27. The molecule has 1 unspecified atom stereocenters. The van der Waals surface area contributed by atoms with Crippen LogP contribution in [0.5, 0.6) is 0 Å². The minimum Gasteiger partial charge on any atom is -0.459 e. The van der Waals surface area contributed by atoms with E-state index in [9.17, 15) is 14.0 Å². The van der Waals surface area contributed by atoms with Crippen LogP contribution in [0.15, 0.2) is 22.7 Å². The first kappa shape index (κ1) is 16.9. The second kappa shape index (κ2) is 6.36. The fourth-order valence-electron chi connectivity index (χ4n) is 2.54. The normalized spacial score (nSPS) is 18.7. The number of halogens is 2. The Morgan fingerprint density at radius 1 is 1.45 bits per heavy atom. The number of nitrogens with zero attached hydrogens (tertiary/aromatic N) is 1. The van der Waals surface area contributed by atoms with Crippen molar-refractivity contribution >= 4 is 27.8 Å². The van der Waals surface area contributed by atoms with Gasteiger partial charge >= 0.3 is 5.97 Å². The van der Waals surface area contributed by atoms with Gasteiger partial charge in [0.25, 0.3) is 0 Å². The number of hydrogen-bond donors (Lipinski definition) is 0. The molecule has 1 atom stereocenters. The summed E-state index contributed by atoms with van der Waals surface area (Å²) in [5.74, 6) is -1.02. The number of benzene rings is 1. The van der Waals surface area contributed by atoms with Crippen LogP contribution in [-0.2, 0) is 14.3 Å². The molecule has 1 amide bonds. The molecule has 1 saturated heterocycles. The van der Waals surface area contributed by atoms with E-state index in [1.165, 1.54) is 11.0 Å². The summed E-state index contributed by atoms with van der Waals surface area (Å²) >= 11 is 3.21. The molecule has 0 bridgehead atoms. The number of carbonyl (C=O) groups is 2. The third-order valence-electron chi connectivity index (χ3n) is 3.37. The van der Waals surface area contributed by atoms with E-state index in [1.54, 1.807) is 32.9 Å². The monoisotopic (exact) mass is 371 g/mol. The predicted octanol–water partition coefficient (Wildman–Crippen LogP) is 3.59. The van der Waals surface area contributed by atoms with Gasteiger partial charge in [0, 0.05) is 16.5 Å². The van der Waals surface area contributed by atoms with E-state index in [4.69, 9.17) is 4.74 Å². The van der Waals surface area contributed by atoms with Crippen LogP contribution >= 0.6 is 15.9 Å². The van der Waals surface area contributed by atoms with E-state index in [0.717, 1.165) is 0 Å². The number of esters is 1. The topological polar surface area (TPSA) is 46.6 Å². The second-order valence-electron chi connectivity index (χ2n) is 6.33. The Kier molecular flexibility index (Phi) is 4.90. The molecule has 0 aliphatic carbocycles. The molecule has 1 heterocycles. The number of amides is 1. The lowest BCUT2D eigenvalue weighted by atomic mass is 10.0. The molecule has 120 valence electrons. The maximum atomic E-state index is 14.1. The van der Waals surface area contributed by atoms with Crippen molar-refractivity contribution in [3.05, 3.63) is 34.1 Å². The van der Waals surface area contributed by atoms with Gasteiger partial charge in [0.1, 0.15) is 18.0 Å². The first-order valence-electron chi connectivity index (χ1n) is 7.13. The molecule has 6 heteroatoms. The Balaban J connectivity index is 2.17. The first-order valence-corrected chi connectivity index (χ1v) is 7.93. The summed E-state index contributed by atoms with van der Waals surface area (Å²) in [6.45, 7) is 5.14. The molecule has 0 spiro atoms. The number of likely N-dealkylation sites (tertiary alicyclic amines) is 1. The van der Waals surface area contributed by atoms with E-state index >= 15 is 0 Å². The second-order valence-corrected chi connectivity index (χ2v) is 7.24. The van der Waals surface area contributed by atoms with E-state index in [1.807, 2.05) is 0 Å². The van der Waals surface area contributed by atoms with Gasteiger partial charge in [-0.2, -0.15) is 0 Å². The van der Waals surface area contributed by atoms with Gasteiger partial charge in [-0.15, -0.1) is 0 Å². The molecule has 0 radical (unpaired) electrons. The van der Waals surface area contributed by atoms with Gasteiger partial charge in [-0.25, -0.2) is 4.39 Å². The minimum atomic E-state index is -0.613. The fraction of sp³-hybridized carbons (Fsp3) is 0.500. The van der Waals surface area contributed by atoms with Crippen molar-refractivity contribution in [1.29, 1.82) is 0 Å². The van der Waals surface area contributed by atoms with Crippen LogP contribution in [0.3, 0.4) is 0 Å². The van der Waals surface area contributed by atoms with Crippen LogP contribution in [0.2, 0.25) is 0 Å². The lowest BCUT2D eigenvalue weighted by Crippen LogP contribution is -2.37. The summed E-state index contributed by atoms with van der Waals surface area (Å²) in [5.41, 5.74) is -0.185. The maximum absolute atomic E-state index is 14.1. The first-order chi connectivity index (χ1) is 10.2. The Hall–Kier alpha value is -1.43. The molecular weight excluding hydrogens is 353 g/mol. The Morgan fingerprint density at radius 2 is 2.14 bits per heavy atom. The van der Waals surface area contributed by atoms with Crippen LogP contribution in [0, 0.1) is 5.82 Å². The van der Waals surface area contributed by atoms with Crippen LogP contribution in [0.1, 0.15) is 45.2 Å². The van der Waals surface area contributed by atoms with Gasteiger partial charge in [-0.1, -0.05) is 22.0 Å². The van der Waals surface area contributed by atoms with E-state index < -0.39 is 17.6 Å². The molecule has 0 N–H and O–H groups in total. The largest absolute Gasteiger partial charge is 0.459 e. The van der Waals surface area contributed by atoms with Crippen molar-refractivity contribution in [1.82, 2.24) is 4.90 Å². The van der Waals surface area contributed by atoms with Crippen molar-refractivity contribution in [3.63, 3.8) is 0 Å². The summed E-state index contributed by atoms with van der Waals surface area (Å²) in [5, 5.41) is 0. The number of rotatable bonds is 3. The summed E-state index contributed by atoms with van der Waals surface area (Å²) < 4.78 is 20.0. The van der Waals surface area contributed by atoms with Gasteiger partial charge in [0.15, 0.2) is 0 Å². The van der Waals surface area contributed by atoms with Crippen LogP contribution in [0.4, 0.5) is 4.39 Å². The molecular formula is C16H19BrFNO3. The molecule has 1 aliphatic heterocycles. The molecule has 2 rings (SSSR count). The lowest BCUT2D eigenvalue weighted by molar-refractivity contribution is -0.158. The third-order valence-corrected chi connectivity index (χ3v) is 3.86. The van der Waals surface area contributed by atoms with Crippen LogP contribution in [0.25, 0.3) is 0 Å². The molecule has 0 aromatic heterocycles. The number of carbonyl (C=O) groups excluding carboxylic acids is 2. The third kappa shape index (κ3) is 4.06. The Bertz CT molecular complexity index is 598. The van der Waals surface area contributed by atoms with E-state index in [-0.39, 0.29) is 18.3 Å². The number of hydrogen-bond acceptors (Lipinski definition) is 3. The van der Waals surface area contributed by atoms with Crippen LogP contribution in [-0.4, -0.2) is 28.9 Å². The average Bonchev–Trinajstić information content (AvgIpc) is 2.69. The van der Waals surface area contributed by atoms with Crippen molar-refractivity contribution < 1.29 is 18.7 Å². The Labute approximate surface area is 137 Å². The molecule has 4 nitrogen and oxygen atoms in total. The van der Waals surface area contributed by atoms with Gasteiger partial charge in [0.2, 0.25) is 5.91 Å². The highest BCUT2D eigenvalue weighted by Gasteiger charge is 2.35. The van der Waals surface area contributed by atoms with Gasteiger partial charge in [-0.3, -0.25) is 9.59 Å².